The van der Waals surface area contributed by atoms with Crippen molar-refractivity contribution in [3.8, 4) is 5.75 Å². The molecule has 0 spiro atoms. The van der Waals surface area contributed by atoms with E-state index in [-0.39, 0.29) is 16.9 Å². The Labute approximate surface area is 203 Å². The molecule has 0 bridgehead atoms. The second kappa shape index (κ2) is 11.3. The molecule has 35 heavy (non-hydrogen) atoms. The van der Waals surface area contributed by atoms with Crippen LogP contribution in [-0.4, -0.2) is 47.0 Å². The van der Waals surface area contributed by atoms with Gasteiger partial charge in [0.15, 0.2) is 6.61 Å². The first-order valence-electron chi connectivity index (χ1n) is 10.5. The first kappa shape index (κ1) is 25.4. The van der Waals surface area contributed by atoms with Crippen molar-refractivity contribution >= 4 is 33.5 Å². The third-order valence-electron chi connectivity index (χ3n) is 4.98. The molecule has 10 heteroatoms. The molecule has 0 saturated heterocycles. The fourth-order valence-corrected chi connectivity index (χ4v) is 4.35. The predicted molar refractivity (Wildman–Crippen MR) is 129 cm³/mol. The van der Waals surface area contributed by atoms with Gasteiger partial charge in [-0.25, -0.2) is 13.2 Å². The van der Waals surface area contributed by atoms with Gasteiger partial charge in [0, 0.05) is 7.05 Å². The van der Waals surface area contributed by atoms with E-state index >= 15 is 0 Å². The van der Waals surface area contributed by atoms with Crippen molar-refractivity contribution in [1.82, 2.24) is 5.32 Å². The molecule has 182 valence electrons. The summed E-state index contributed by atoms with van der Waals surface area (Å²) in [5, 5.41) is 2.15. The summed E-state index contributed by atoms with van der Waals surface area (Å²) in [5.74, 6) is -1.65. The maximum atomic E-state index is 13.0. The molecule has 0 unspecified atom stereocenters. The van der Waals surface area contributed by atoms with Crippen molar-refractivity contribution in [2.75, 3.05) is 25.1 Å². The minimum absolute atomic E-state index is 0.00213. The number of imide groups is 1. The number of anilines is 1. The summed E-state index contributed by atoms with van der Waals surface area (Å²) in [6.07, 6.45) is 0.00213. The summed E-state index contributed by atoms with van der Waals surface area (Å²) in [6.45, 7) is -0.692. The van der Waals surface area contributed by atoms with Gasteiger partial charge in [-0.3, -0.25) is 19.2 Å². The van der Waals surface area contributed by atoms with Crippen LogP contribution < -0.4 is 14.4 Å². The lowest BCUT2D eigenvalue weighted by molar-refractivity contribution is -0.132. The van der Waals surface area contributed by atoms with Crippen LogP contribution in [0.3, 0.4) is 0 Å². The van der Waals surface area contributed by atoms with Gasteiger partial charge in [0.1, 0.15) is 5.75 Å². The number of carbonyl (C=O) groups is 3. The Balaban J connectivity index is 1.61. The second-order valence-electron chi connectivity index (χ2n) is 7.41. The van der Waals surface area contributed by atoms with Gasteiger partial charge in [0.2, 0.25) is 5.91 Å². The average Bonchev–Trinajstić information content (AvgIpc) is 2.87. The van der Waals surface area contributed by atoms with E-state index in [9.17, 15) is 22.8 Å². The number of nitrogens with zero attached hydrogens (tertiary/aromatic N) is 1. The first-order chi connectivity index (χ1) is 16.7. The van der Waals surface area contributed by atoms with Gasteiger partial charge < -0.3 is 9.47 Å². The molecular weight excluding hydrogens is 472 g/mol. The molecule has 3 aromatic rings. The zero-order valence-electron chi connectivity index (χ0n) is 19.1. The highest BCUT2D eigenvalue weighted by Crippen LogP contribution is 2.24. The van der Waals surface area contributed by atoms with Crippen LogP contribution in [0.2, 0.25) is 0 Å². The number of hydrogen-bond donors (Lipinski definition) is 1. The second-order valence-corrected chi connectivity index (χ2v) is 9.38. The van der Waals surface area contributed by atoms with Gasteiger partial charge in [-0.15, -0.1) is 0 Å². The van der Waals surface area contributed by atoms with E-state index < -0.39 is 34.4 Å². The van der Waals surface area contributed by atoms with Crippen molar-refractivity contribution in [1.29, 1.82) is 0 Å². The van der Waals surface area contributed by atoms with Crippen molar-refractivity contribution in [3.63, 3.8) is 0 Å². The quantitative estimate of drug-likeness (QED) is 0.452. The zero-order chi connectivity index (χ0) is 25.4. The predicted octanol–water partition coefficient (Wildman–Crippen LogP) is 2.56. The lowest BCUT2D eigenvalue weighted by Crippen LogP contribution is -2.35. The third kappa shape index (κ3) is 6.67. The standard InChI is InChI=1S/C25H24N2O7S/c1-27(20-11-13-21(33-2)14-12-20)35(31,32)22-10-6-9-19(16-22)25(30)34-17-24(29)26-23(28)15-18-7-4-3-5-8-18/h3-14,16H,15,17H2,1-2H3,(H,26,28,29). The molecule has 1 N–H and O–H groups in total. The van der Waals surface area contributed by atoms with Gasteiger partial charge in [-0.2, -0.15) is 0 Å². The molecule has 3 aromatic carbocycles. The minimum atomic E-state index is -3.98. The highest BCUT2D eigenvalue weighted by atomic mass is 32.2. The van der Waals surface area contributed by atoms with E-state index in [1.807, 2.05) is 6.07 Å². The number of ether oxygens (including phenoxy) is 2. The number of hydrogen-bond acceptors (Lipinski definition) is 7. The number of esters is 1. The van der Waals surface area contributed by atoms with E-state index in [4.69, 9.17) is 9.47 Å². The summed E-state index contributed by atoms with van der Waals surface area (Å²) in [7, 11) is -1.09. The summed E-state index contributed by atoms with van der Waals surface area (Å²) in [5.41, 5.74) is 1.07. The van der Waals surface area contributed by atoms with Crippen LogP contribution >= 0.6 is 0 Å². The lowest BCUT2D eigenvalue weighted by Gasteiger charge is -2.20. The number of benzene rings is 3. The molecule has 3 rings (SSSR count). The molecular formula is C25H24N2O7S. The van der Waals surface area contributed by atoms with Crippen molar-refractivity contribution in [2.45, 2.75) is 11.3 Å². The van der Waals surface area contributed by atoms with E-state index in [0.29, 0.717) is 11.4 Å². The Kier molecular flexibility index (Phi) is 8.21. The zero-order valence-corrected chi connectivity index (χ0v) is 19.9. The fraction of sp³-hybridized carbons (Fsp3) is 0.160. The summed E-state index contributed by atoms with van der Waals surface area (Å²) < 4.78 is 37.2. The number of amides is 2. The van der Waals surface area contributed by atoms with Crippen LogP contribution in [-0.2, 0) is 30.8 Å². The smallest absolute Gasteiger partial charge is 0.338 e. The van der Waals surface area contributed by atoms with Crippen LogP contribution in [0.5, 0.6) is 5.75 Å². The number of sulfonamides is 1. The van der Waals surface area contributed by atoms with Crippen LogP contribution in [0.15, 0.2) is 83.8 Å². The number of rotatable bonds is 9. The Hall–Kier alpha value is -4.18. The van der Waals surface area contributed by atoms with Crippen molar-refractivity contribution < 1.29 is 32.3 Å². The van der Waals surface area contributed by atoms with E-state index in [0.717, 1.165) is 15.9 Å². The van der Waals surface area contributed by atoms with Crippen LogP contribution in [0, 0.1) is 0 Å². The molecule has 0 aromatic heterocycles. The molecule has 0 heterocycles. The Morgan fingerprint density at radius 2 is 1.57 bits per heavy atom. The van der Waals surface area contributed by atoms with Gasteiger partial charge in [0.05, 0.1) is 29.7 Å². The number of methoxy groups -OCH3 is 1. The first-order valence-corrected chi connectivity index (χ1v) is 11.9. The number of nitrogens with one attached hydrogen (secondary N) is 1. The highest BCUT2D eigenvalue weighted by molar-refractivity contribution is 7.92. The molecule has 0 aliphatic rings. The van der Waals surface area contributed by atoms with Crippen molar-refractivity contribution in [2.24, 2.45) is 0 Å². The largest absolute Gasteiger partial charge is 0.497 e. The number of carbonyl (C=O) groups excluding carboxylic acids is 3. The molecule has 0 radical (unpaired) electrons. The molecule has 2 amide bonds. The molecule has 0 saturated carbocycles. The molecule has 0 fully saturated rings. The summed E-state index contributed by atoms with van der Waals surface area (Å²) >= 11 is 0. The summed E-state index contributed by atoms with van der Waals surface area (Å²) in [4.78, 5) is 36.2. The van der Waals surface area contributed by atoms with E-state index in [1.54, 1.807) is 48.5 Å². The normalized spacial score (nSPS) is 10.8. The molecule has 0 atom stereocenters. The maximum Gasteiger partial charge on any atom is 0.338 e. The van der Waals surface area contributed by atoms with Crippen LogP contribution in [0.4, 0.5) is 5.69 Å². The van der Waals surface area contributed by atoms with Crippen LogP contribution in [0.1, 0.15) is 15.9 Å². The average molecular weight is 497 g/mol. The van der Waals surface area contributed by atoms with E-state index in [1.165, 1.54) is 32.4 Å². The Bertz CT molecular complexity index is 1310. The van der Waals surface area contributed by atoms with Crippen molar-refractivity contribution in [3.05, 3.63) is 90.0 Å². The fourth-order valence-electron chi connectivity index (χ4n) is 3.10. The monoisotopic (exact) mass is 496 g/mol. The topological polar surface area (TPSA) is 119 Å². The Morgan fingerprint density at radius 3 is 2.23 bits per heavy atom. The SMILES string of the molecule is COc1ccc(N(C)S(=O)(=O)c2cccc(C(=O)OCC(=O)NC(=O)Cc3ccccc3)c2)cc1. The maximum absolute atomic E-state index is 13.0. The van der Waals surface area contributed by atoms with E-state index in [2.05, 4.69) is 5.32 Å². The van der Waals surface area contributed by atoms with Gasteiger partial charge in [-0.05, 0) is 48.0 Å². The lowest BCUT2D eigenvalue weighted by atomic mass is 10.1. The third-order valence-corrected chi connectivity index (χ3v) is 6.77. The Morgan fingerprint density at radius 1 is 0.886 bits per heavy atom. The summed E-state index contributed by atoms with van der Waals surface area (Å²) in [6, 6.07) is 20.6. The van der Waals surface area contributed by atoms with Crippen LogP contribution in [0.25, 0.3) is 0 Å². The van der Waals surface area contributed by atoms with Gasteiger partial charge in [0.25, 0.3) is 15.9 Å². The molecule has 9 nitrogen and oxygen atoms in total. The molecule has 0 aliphatic carbocycles. The van der Waals surface area contributed by atoms with Gasteiger partial charge >= 0.3 is 5.97 Å². The molecule has 0 aliphatic heterocycles. The highest BCUT2D eigenvalue weighted by Gasteiger charge is 2.23. The minimum Gasteiger partial charge on any atom is -0.497 e. The van der Waals surface area contributed by atoms with Gasteiger partial charge in [-0.1, -0.05) is 36.4 Å².